The van der Waals surface area contributed by atoms with Gasteiger partial charge in [-0.2, -0.15) is 0 Å². The molecule has 226 valence electrons. The van der Waals surface area contributed by atoms with E-state index in [1.807, 2.05) is 12.1 Å². The first-order valence-electron chi connectivity index (χ1n) is 15.3. The van der Waals surface area contributed by atoms with E-state index in [4.69, 9.17) is 28.4 Å². The Morgan fingerprint density at radius 1 is 0.591 bits per heavy atom. The molecule has 0 amide bonds. The molecule has 0 N–H and O–H groups in total. The molecule has 0 bridgehead atoms. The predicted molar refractivity (Wildman–Crippen MR) is 169 cm³/mol. The van der Waals surface area contributed by atoms with Gasteiger partial charge < -0.3 is 28.4 Å². The van der Waals surface area contributed by atoms with Crippen LogP contribution in [-0.4, -0.2) is 45.2 Å². The summed E-state index contributed by atoms with van der Waals surface area (Å²) in [6.07, 6.45) is 2.14. The van der Waals surface area contributed by atoms with Gasteiger partial charge in [0.15, 0.2) is 5.76 Å². The Morgan fingerprint density at radius 3 is 1.36 bits per heavy atom. The lowest BCUT2D eigenvalue weighted by molar-refractivity contribution is 0.263. The van der Waals surface area contributed by atoms with Crippen LogP contribution in [0, 0.1) is 0 Å². The van der Waals surface area contributed by atoms with E-state index in [9.17, 15) is 0 Å². The minimum Gasteiger partial charge on any atom is -0.491 e. The van der Waals surface area contributed by atoms with Crippen molar-refractivity contribution in [2.45, 2.75) is 43.8 Å². The molecule has 3 heterocycles. The Morgan fingerprint density at radius 2 is 0.955 bits per heavy atom. The van der Waals surface area contributed by atoms with Gasteiger partial charge in [-0.15, -0.1) is 0 Å². The third kappa shape index (κ3) is 6.33. The van der Waals surface area contributed by atoms with Crippen LogP contribution in [0.3, 0.4) is 0 Å². The maximum absolute atomic E-state index is 5.93. The number of benzene rings is 4. The molecule has 6 heteroatoms. The van der Waals surface area contributed by atoms with Crippen LogP contribution in [0.25, 0.3) is 0 Å². The molecule has 3 unspecified atom stereocenters. The van der Waals surface area contributed by atoms with Crippen LogP contribution in [0.1, 0.15) is 48.6 Å². The van der Waals surface area contributed by atoms with Crippen LogP contribution in [0.2, 0.25) is 0 Å². The van der Waals surface area contributed by atoms with Gasteiger partial charge in [-0.1, -0.05) is 74.5 Å². The van der Waals surface area contributed by atoms with Crippen LogP contribution in [-0.2, 0) is 25.0 Å². The molecule has 0 aliphatic carbocycles. The minimum absolute atomic E-state index is 0.184. The highest BCUT2D eigenvalue weighted by Gasteiger charge is 2.33. The molecule has 6 nitrogen and oxygen atoms in total. The second-order valence-electron chi connectivity index (χ2n) is 12.4. The van der Waals surface area contributed by atoms with Crippen LogP contribution in [0.5, 0.6) is 17.2 Å². The monoisotopic (exact) mass is 590 g/mol. The van der Waals surface area contributed by atoms with Crippen molar-refractivity contribution in [3.8, 4) is 17.2 Å². The zero-order chi connectivity index (χ0) is 30.1. The molecule has 3 saturated heterocycles. The van der Waals surface area contributed by atoms with Gasteiger partial charge in [-0.25, -0.2) is 0 Å². The first-order chi connectivity index (χ1) is 21.4. The van der Waals surface area contributed by atoms with Gasteiger partial charge in [-0.3, -0.25) is 0 Å². The van der Waals surface area contributed by atoms with E-state index >= 15 is 0 Å². The highest BCUT2D eigenvalue weighted by atomic mass is 16.6. The van der Waals surface area contributed by atoms with E-state index < -0.39 is 5.41 Å². The molecule has 44 heavy (non-hydrogen) atoms. The van der Waals surface area contributed by atoms with Gasteiger partial charge >= 0.3 is 0 Å². The lowest BCUT2D eigenvalue weighted by atomic mass is 9.70. The Hall–Kier alpha value is -4.26. The Labute approximate surface area is 259 Å². The average molecular weight is 591 g/mol. The molecule has 3 atom stereocenters. The third-order valence-electron chi connectivity index (χ3n) is 8.94. The van der Waals surface area contributed by atoms with Gasteiger partial charge in [0.25, 0.3) is 0 Å². The lowest BCUT2D eigenvalue weighted by Gasteiger charge is -2.33. The Bertz CT molecular complexity index is 1590. The largest absolute Gasteiger partial charge is 0.491 e. The number of rotatable bonds is 13. The van der Waals surface area contributed by atoms with E-state index in [1.165, 1.54) is 27.8 Å². The molecule has 3 aliphatic rings. The van der Waals surface area contributed by atoms with Crippen LogP contribution in [0.15, 0.2) is 109 Å². The fourth-order valence-electron chi connectivity index (χ4n) is 5.56. The van der Waals surface area contributed by atoms with E-state index in [0.29, 0.717) is 19.8 Å². The SMILES string of the molecule is CC(C)(c1ccc(OCC2CO2)cc1)c1ccc(C(C)(c2ccc(O/C=C3\CO3)cc2)c2ccc(OCC3CO3)cc2)cc1. The minimum atomic E-state index is -0.415. The highest BCUT2D eigenvalue weighted by molar-refractivity contribution is 5.53. The second-order valence-corrected chi connectivity index (χ2v) is 12.4. The number of epoxide rings is 3. The lowest BCUT2D eigenvalue weighted by Crippen LogP contribution is -2.26. The van der Waals surface area contributed by atoms with Crippen molar-refractivity contribution < 1.29 is 28.4 Å². The molecule has 0 radical (unpaired) electrons. The molecule has 7 rings (SSSR count). The predicted octanol–water partition coefficient (Wildman–Crippen LogP) is 7.17. The van der Waals surface area contributed by atoms with Gasteiger partial charge in [0.2, 0.25) is 0 Å². The van der Waals surface area contributed by atoms with Crippen molar-refractivity contribution in [3.63, 3.8) is 0 Å². The fourth-order valence-corrected chi connectivity index (χ4v) is 5.56. The molecule has 0 aromatic heterocycles. The maximum atomic E-state index is 5.93. The molecule has 3 aliphatic heterocycles. The van der Waals surface area contributed by atoms with Gasteiger partial charge in [0.05, 0.1) is 13.2 Å². The van der Waals surface area contributed by atoms with Crippen molar-refractivity contribution in [2.75, 3.05) is 33.0 Å². The number of ether oxygens (including phenoxy) is 6. The van der Waals surface area contributed by atoms with Crippen molar-refractivity contribution in [1.82, 2.24) is 0 Å². The van der Waals surface area contributed by atoms with E-state index in [-0.39, 0.29) is 17.6 Å². The topological polar surface area (TPSA) is 65.3 Å². The van der Waals surface area contributed by atoms with Crippen molar-refractivity contribution in [3.05, 3.63) is 137 Å². The average Bonchev–Trinajstić information content (AvgIpc) is 3.91. The van der Waals surface area contributed by atoms with Crippen molar-refractivity contribution >= 4 is 0 Å². The molecule has 4 aromatic rings. The Balaban J connectivity index is 1.16. The summed E-state index contributed by atoms with van der Waals surface area (Å²) in [6, 6.07) is 34.2. The highest BCUT2D eigenvalue weighted by Crippen LogP contribution is 2.41. The van der Waals surface area contributed by atoms with Crippen LogP contribution < -0.4 is 14.2 Å². The van der Waals surface area contributed by atoms with E-state index in [1.54, 1.807) is 6.26 Å². The summed E-state index contributed by atoms with van der Waals surface area (Å²) >= 11 is 0. The summed E-state index contributed by atoms with van der Waals surface area (Å²) in [6.45, 7) is 10.2. The summed E-state index contributed by atoms with van der Waals surface area (Å²) in [4.78, 5) is 0. The molecule has 3 fully saturated rings. The number of hydrogen-bond donors (Lipinski definition) is 0. The summed E-state index contributed by atoms with van der Waals surface area (Å²) in [5.41, 5.74) is 5.42. The van der Waals surface area contributed by atoms with Gasteiger partial charge in [-0.05, 0) is 71.1 Å². The molecule has 0 spiro atoms. The Kier molecular flexibility index (Phi) is 7.57. The first-order valence-corrected chi connectivity index (χ1v) is 15.3. The van der Waals surface area contributed by atoms with Gasteiger partial charge in [0, 0.05) is 10.8 Å². The smallest absolute Gasteiger partial charge is 0.169 e. The standard InChI is InChI=1S/C38H38O6/c1-37(2,27-8-14-31(15-9-27)39-20-34-23-42-34)26-4-6-28(7-5-26)38(3,29-10-16-32(17-11-29)40-21-35-24-43-35)30-12-18-33(19-13-30)41-22-36-25-44-36/h4-19,21,34,36H,20,22-25H2,1-3H3/b35-21+. The van der Waals surface area contributed by atoms with Gasteiger partial charge in [0.1, 0.15) is 55.5 Å². The summed E-state index contributed by atoms with van der Waals surface area (Å²) < 4.78 is 33.3. The zero-order valence-electron chi connectivity index (χ0n) is 25.5. The third-order valence-corrected chi connectivity index (χ3v) is 8.94. The molecule has 0 saturated carbocycles. The first kappa shape index (κ1) is 28.5. The maximum Gasteiger partial charge on any atom is 0.169 e. The summed E-state index contributed by atoms with van der Waals surface area (Å²) in [7, 11) is 0. The van der Waals surface area contributed by atoms with E-state index in [2.05, 4.69) is 106 Å². The van der Waals surface area contributed by atoms with Crippen LogP contribution >= 0.6 is 0 Å². The van der Waals surface area contributed by atoms with Crippen LogP contribution in [0.4, 0.5) is 0 Å². The quantitative estimate of drug-likeness (QED) is 0.0935. The fraction of sp³-hybridized carbons (Fsp3) is 0.316. The molecular weight excluding hydrogens is 552 g/mol. The summed E-state index contributed by atoms with van der Waals surface area (Å²) in [5, 5.41) is 0. The molecular formula is C38H38O6. The van der Waals surface area contributed by atoms with E-state index in [0.717, 1.165) is 36.2 Å². The zero-order valence-corrected chi connectivity index (χ0v) is 25.5. The van der Waals surface area contributed by atoms with Crippen molar-refractivity contribution in [1.29, 1.82) is 0 Å². The van der Waals surface area contributed by atoms with Crippen molar-refractivity contribution in [2.24, 2.45) is 0 Å². The normalized spacial score (nSPS) is 20.8. The number of hydrogen-bond acceptors (Lipinski definition) is 6. The molecule has 4 aromatic carbocycles. The second kappa shape index (κ2) is 11.7. The summed E-state index contributed by atoms with van der Waals surface area (Å²) in [5.74, 6) is 3.36.